The van der Waals surface area contributed by atoms with Gasteiger partial charge in [0.2, 0.25) is 11.0 Å². The van der Waals surface area contributed by atoms with E-state index in [1.165, 1.54) is 42.0 Å². The van der Waals surface area contributed by atoms with Crippen LogP contribution in [0, 0.1) is 0 Å². The van der Waals surface area contributed by atoms with Crippen LogP contribution < -0.4 is 5.32 Å². The summed E-state index contributed by atoms with van der Waals surface area (Å²) >= 11 is 9.77. The number of carbonyl (C=O) groups excluding carboxylic acids is 2. The van der Waals surface area contributed by atoms with Crippen LogP contribution in [0.25, 0.3) is 0 Å². The molecule has 1 heterocycles. The maximum Gasteiger partial charge on any atom is 0.316 e. The number of esters is 1. The predicted molar refractivity (Wildman–Crippen MR) is 98.9 cm³/mol. The smallest absolute Gasteiger partial charge is 0.316 e. The zero-order valence-corrected chi connectivity index (χ0v) is 15.9. The minimum atomic E-state index is -0.334. The molecular weight excluding hydrogens is 390 g/mol. The number of carbonyl (C=O) groups is 2. The number of benzene rings is 1. The standard InChI is InChI=1S/C14H14ClN3O3S3/c1-21-12(20)8-23-14-18-17-13(24-14)16-11(19)7-22-6-9-2-4-10(15)5-3-9/h2-5H,6-8H2,1H3,(H,16,17,19). The minimum absolute atomic E-state index is 0.144. The fraction of sp³-hybridized carbons (Fsp3) is 0.286. The second kappa shape index (κ2) is 9.87. The molecule has 24 heavy (non-hydrogen) atoms. The highest BCUT2D eigenvalue weighted by Gasteiger charge is 2.10. The van der Waals surface area contributed by atoms with Crippen molar-refractivity contribution in [1.82, 2.24) is 10.2 Å². The fourth-order valence-corrected chi connectivity index (χ4v) is 4.01. The van der Waals surface area contributed by atoms with Gasteiger partial charge in [-0.15, -0.1) is 22.0 Å². The van der Waals surface area contributed by atoms with Gasteiger partial charge in [-0.3, -0.25) is 14.9 Å². The Labute approximate surface area is 156 Å². The van der Waals surface area contributed by atoms with E-state index in [4.69, 9.17) is 11.6 Å². The lowest BCUT2D eigenvalue weighted by Crippen LogP contribution is -2.13. The van der Waals surface area contributed by atoms with Crippen LogP contribution >= 0.6 is 46.5 Å². The molecule has 1 aromatic carbocycles. The number of halogens is 1. The summed E-state index contributed by atoms with van der Waals surface area (Å²) in [7, 11) is 1.33. The predicted octanol–water partition coefficient (Wildman–Crippen LogP) is 3.33. The Kier molecular flexibility index (Phi) is 7.83. The molecule has 0 spiro atoms. The summed E-state index contributed by atoms with van der Waals surface area (Å²) < 4.78 is 5.15. The average molecular weight is 404 g/mol. The van der Waals surface area contributed by atoms with Crippen LogP contribution in [-0.2, 0) is 20.1 Å². The van der Waals surface area contributed by atoms with E-state index in [0.29, 0.717) is 20.2 Å². The van der Waals surface area contributed by atoms with Gasteiger partial charge in [-0.05, 0) is 17.7 Å². The Morgan fingerprint density at radius 1 is 1.25 bits per heavy atom. The molecular formula is C14H14ClN3O3S3. The number of ether oxygens (including phenoxy) is 1. The van der Waals surface area contributed by atoms with Gasteiger partial charge >= 0.3 is 5.97 Å². The zero-order chi connectivity index (χ0) is 17.4. The third-order valence-corrected chi connectivity index (χ3v) is 5.81. The first-order valence-electron chi connectivity index (χ1n) is 6.72. The Balaban J connectivity index is 1.71. The van der Waals surface area contributed by atoms with Crippen molar-refractivity contribution in [2.24, 2.45) is 0 Å². The molecule has 1 aromatic heterocycles. The molecule has 1 N–H and O–H groups in total. The normalized spacial score (nSPS) is 10.4. The van der Waals surface area contributed by atoms with E-state index in [1.54, 1.807) is 0 Å². The quantitative estimate of drug-likeness (QED) is 0.411. The van der Waals surface area contributed by atoms with Crippen LogP contribution in [0.5, 0.6) is 0 Å². The highest BCUT2D eigenvalue weighted by molar-refractivity contribution is 8.01. The summed E-state index contributed by atoms with van der Waals surface area (Å²) in [6, 6.07) is 7.52. The van der Waals surface area contributed by atoms with Crippen molar-refractivity contribution in [3.63, 3.8) is 0 Å². The highest BCUT2D eigenvalue weighted by atomic mass is 35.5. The Morgan fingerprint density at radius 3 is 2.71 bits per heavy atom. The lowest BCUT2D eigenvalue weighted by Gasteiger charge is -2.02. The summed E-state index contributed by atoms with van der Waals surface area (Å²) in [5.41, 5.74) is 1.11. The van der Waals surface area contributed by atoms with E-state index in [2.05, 4.69) is 20.3 Å². The minimum Gasteiger partial charge on any atom is -0.468 e. The summed E-state index contributed by atoms with van der Waals surface area (Å²) in [6.07, 6.45) is 0. The summed E-state index contributed by atoms with van der Waals surface area (Å²) in [6.45, 7) is 0. The molecule has 6 nitrogen and oxygen atoms in total. The molecule has 1 amide bonds. The Morgan fingerprint density at radius 2 is 2.00 bits per heavy atom. The van der Waals surface area contributed by atoms with Crippen molar-refractivity contribution in [3.8, 4) is 0 Å². The van der Waals surface area contributed by atoms with Crippen LogP contribution in [0.3, 0.4) is 0 Å². The van der Waals surface area contributed by atoms with Crippen molar-refractivity contribution in [3.05, 3.63) is 34.9 Å². The number of nitrogens with one attached hydrogen (secondary N) is 1. The van der Waals surface area contributed by atoms with Crippen LogP contribution in [0.1, 0.15) is 5.56 Å². The van der Waals surface area contributed by atoms with Gasteiger partial charge in [-0.25, -0.2) is 0 Å². The molecule has 2 aromatic rings. The fourth-order valence-electron chi connectivity index (χ4n) is 1.50. The van der Waals surface area contributed by atoms with Crippen LogP contribution in [0.15, 0.2) is 28.6 Å². The zero-order valence-electron chi connectivity index (χ0n) is 12.7. The van der Waals surface area contributed by atoms with Crippen molar-refractivity contribution >= 4 is 63.5 Å². The third kappa shape index (κ3) is 6.68. The molecule has 2 rings (SSSR count). The number of aromatic nitrogens is 2. The number of rotatable bonds is 8. The molecule has 0 atom stereocenters. The second-order valence-electron chi connectivity index (χ2n) is 4.41. The van der Waals surface area contributed by atoms with Gasteiger partial charge in [0.25, 0.3) is 0 Å². The SMILES string of the molecule is COC(=O)CSc1nnc(NC(=O)CSCc2ccc(Cl)cc2)s1. The van der Waals surface area contributed by atoms with E-state index in [9.17, 15) is 9.59 Å². The first-order valence-corrected chi connectivity index (χ1v) is 10.1. The first-order chi connectivity index (χ1) is 11.6. The van der Waals surface area contributed by atoms with Crippen LogP contribution in [0.4, 0.5) is 5.13 Å². The number of methoxy groups -OCH3 is 1. The molecule has 0 aliphatic heterocycles. The van der Waals surface area contributed by atoms with Gasteiger partial charge in [-0.2, -0.15) is 0 Å². The average Bonchev–Trinajstić information content (AvgIpc) is 3.01. The molecule has 0 unspecified atom stereocenters. The van der Waals surface area contributed by atoms with E-state index < -0.39 is 0 Å². The summed E-state index contributed by atoms with van der Waals surface area (Å²) in [5, 5.41) is 11.6. The Bertz CT molecular complexity index is 694. The third-order valence-electron chi connectivity index (χ3n) is 2.61. The lowest BCUT2D eigenvalue weighted by molar-refractivity contribution is -0.137. The largest absolute Gasteiger partial charge is 0.468 e. The molecule has 0 aliphatic carbocycles. The number of anilines is 1. The van der Waals surface area contributed by atoms with Crippen molar-refractivity contribution < 1.29 is 14.3 Å². The molecule has 0 radical (unpaired) electrons. The van der Waals surface area contributed by atoms with Crippen molar-refractivity contribution in [2.75, 3.05) is 23.9 Å². The first kappa shape index (κ1) is 19.0. The van der Waals surface area contributed by atoms with E-state index in [0.717, 1.165) is 11.3 Å². The molecule has 128 valence electrons. The maximum absolute atomic E-state index is 11.9. The van der Waals surface area contributed by atoms with Crippen LogP contribution in [-0.4, -0.2) is 40.7 Å². The van der Waals surface area contributed by atoms with Gasteiger partial charge in [0.15, 0.2) is 4.34 Å². The van der Waals surface area contributed by atoms with E-state index in [1.807, 2.05) is 24.3 Å². The van der Waals surface area contributed by atoms with Crippen molar-refractivity contribution in [1.29, 1.82) is 0 Å². The number of nitrogens with zero attached hydrogens (tertiary/aromatic N) is 2. The monoisotopic (exact) mass is 403 g/mol. The number of hydrogen-bond donors (Lipinski definition) is 1. The number of amides is 1. The van der Waals surface area contributed by atoms with Gasteiger partial charge < -0.3 is 4.74 Å². The molecule has 0 aliphatic rings. The van der Waals surface area contributed by atoms with E-state index in [-0.39, 0.29) is 17.6 Å². The molecule has 0 saturated heterocycles. The second-order valence-corrected chi connectivity index (χ2v) is 8.03. The lowest BCUT2D eigenvalue weighted by atomic mass is 10.2. The van der Waals surface area contributed by atoms with Gasteiger partial charge in [0.1, 0.15) is 0 Å². The molecule has 10 heteroatoms. The topological polar surface area (TPSA) is 81.2 Å². The van der Waals surface area contributed by atoms with Gasteiger partial charge in [0, 0.05) is 10.8 Å². The molecule has 0 saturated carbocycles. The van der Waals surface area contributed by atoms with Crippen LogP contribution in [0.2, 0.25) is 5.02 Å². The van der Waals surface area contributed by atoms with E-state index >= 15 is 0 Å². The molecule has 0 bridgehead atoms. The van der Waals surface area contributed by atoms with Gasteiger partial charge in [-0.1, -0.05) is 46.8 Å². The summed E-state index contributed by atoms with van der Waals surface area (Å²) in [5.74, 6) is 0.720. The number of thioether (sulfide) groups is 2. The van der Waals surface area contributed by atoms with Crippen molar-refractivity contribution in [2.45, 2.75) is 10.1 Å². The maximum atomic E-state index is 11.9. The van der Waals surface area contributed by atoms with Gasteiger partial charge in [0.05, 0.1) is 18.6 Å². The Hall–Kier alpha value is -1.29. The summed E-state index contributed by atoms with van der Waals surface area (Å²) in [4.78, 5) is 22.9. The molecule has 0 fully saturated rings. The number of hydrogen-bond acceptors (Lipinski definition) is 8. The highest BCUT2D eigenvalue weighted by Crippen LogP contribution is 2.25.